The maximum Gasteiger partial charge on any atom is 0.410 e. The molecule has 4 nitrogen and oxygen atoms in total. The highest BCUT2D eigenvalue weighted by Gasteiger charge is 2.33. The number of nitrogens with zero attached hydrogens (tertiary/aromatic N) is 1. The first-order valence-corrected chi connectivity index (χ1v) is 5.02. The molecule has 1 saturated heterocycles. The largest absolute Gasteiger partial charge is 0.447 e. The summed E-state index contributed by atoms with van der Waals surface area (Å²) in [7, 11) is 0. The van der Waals surface area contributed by atoms with E-state index >= 15 is 0 Å². The van der Waals surface area contributed by atoms with Crippen LogP contribution in [0.15, 0.2) is 24.3 Å². The van der Waals surface area contributed by atoms with E-state index in [0.29, 0.717) is 0 Å². The summed E-state index contributed by atoms with van der Waals surface area (Å²) in [6.07, 6.45) is -0.441. The number of hydrogen-bond donors (Lipinski definition) is 1. The lowest BCUT2D eigenvalue weighted by Crippen LogP contribution is -2.30. The Morgan fingerprint density at radius 1 is 1.44 bits per heavy atom. The third kappa shape index (κ3) is 1.99. The van der Waals surface area contributed by atoms with E-state index in [1.807, 2.05) is 0 Å². The van der Waals surface area contributed by atoms with Crippen LogP contribution in [-0.2, 0) is 4.74 Å². The van der Waals surface area contributed by atoms with Gasteiger partial charge in [-0.05, 0) is 17.7 Å². The Kier molecular flexibility index (Phi) is 3.05. The van der Waals surface area contributed by atoms with Gasteiger partial charge in [-0.25, -0.2) is 9.18 Å². The Morgan fingerprint density at radius 2 is 2.12 bits per heavy atom. The monoisotopic (exact) mass is 225 g/mol. The standard InChI is InChI=1S/C11H12FNO3/c12-9-3-1-8(2-4-9)10-7-16-11(15)13(10)5-6-14/h1-4,10,14H,5-7H2. The molecule has 1 aliphatic rings. The number of benzene rings is 1. The second-order valence-corrected chi connectivity index (χ2v) is 3.56. The predicted molar refractivity (Wildman–Crippen MR) is 54.3 cm³/mol. The fourth-order valence-corrected chi connectivity index (χ4v) is 1.77. The molecule has 1 unspecified atom stereocenters. The molecule has 0 aliphatic carbocycles. The van der Waals surface area contributed by atoms with Crippen molar-refractivity contribution >= 4 is 6.09 Å². The summed E-state index contributed by atoms with van der Waals surface area (Å²) in [5.41, 5.74) is 0.806. The number of cyclic esters (lactones) is 1. The molecule has 1 fully saturated rings. The van der Waals surface area contributed by atoms with Gasteiger partial charge in [-0.1, -0.05) is 12.1 Å². The Hall–Kier alpha value is -1.62. The van der Waals surface area contributed by atoms with E-state index in [4.69, 9.17) is 9.84 Å². The molecule has 0 aromatic heterocycles. The van der Waals surface area contributed by atoms with E-state index in [0.717, 1.165) is 5.56 Å². The third-order valence-corrected chi connectivity index (χ3v) is 2.57. The highest BCUT2D eigenvalue weighted by molar-refractivity contribution is 5.70. The predicted octanol–water partition coefficient (Wildman–Crippen LogP) is 1.31. The van der Waals surface area contributed by atoms with Gasteiger partial charge in [-0.3, -0.25) is 4.90 Å². The van der Waals surface area contributed by atoms with Gasteiger partial charge in [0.1, 0.15) is 12.4 Å². The van der Waals surface area contributed by atoms with Crippen LogP contribution in [0.4, 0.5) is 9.18 Å². The topological polar surface area (TPSA) is 49.8 Å². The van der Waals surface area contributed by atoms with Crippen LogP contribution in [0, 0.1) is 5.82 Å². The maximum absolute atomic E-state index is 12.7. The van der Waals surface area contributed by atoms with Crippen LogP contribution in [0.25, 0.3) is 0 Å². The summed E-state index contributed by atoms with van der Waals surface area (Å²) in [6, 6.07) is 5.68. The molecule has 1 aromatic rings. The van der Waals surface area contributed by atoms with Crippen LogP contribution in [0.1, 0.15) is 11.6 Å². The zero-order chi connectivity index (χ0) is 11.5. The lowest BCUT2D eigenvalue weighted by Gasteiger charge is -2.20. The van der Waals surface area contributed by atoms with Gasteiger partial charge in [-0.2, -0.15) is 0 Å². The van der Waals surface area contributed by atoms with Crippen molar-refractivity contribution < 1.29 is 19.0 Å². The first-order valence-electron chi connectivity index (χ1n) is 5.02. The Labute approximate surface area is 92.2 Å². The molecule has 1 aromatic carbocycles. The minimum Gasteiger partial charge on any atom is -0.447 e. The van der Waals surface area contributed by atoms with E-state index in [1.54, 1.807) is 12.1 Å². The molecule has 0 radical (unpaired) electrons. The molecule has 1 N–H and O–H groups in total. The minimum absolute atomic E-state index is 0.118. The number of halogens is 1. The van der Waals surface area contributed by atoms with Gasteiger partial charge in [0.15, 0.2) is 0 Å². The number of hydrogen-bond acceptors (Lipinski definition) is 3. The fraction of sp³-hybridized carbons (Fsp3) is 0.364. The fourth-order valence-electron chi connectivity index (χ4n) is 1.77. The highest BCUT2D eigenvalue weighted by Crippen LogP contribution is 2.27. The molecule has 1 aliphatic heterocycles. The molecule has 0 saturated carbocycles. The van der Waals surface area contributed by atoms with Crippen LogP contribution in [0.2, 0.25) is 0 Å². The van der Waals surface area contributed by atoms with Crippen molar-refractivity contribution in [3.05, 3.63) is 35.6 Å². The van der Waals surface area contributed by atoms with Crippen molar-refractivity contribution in [2.24, 2.45) is 0 Å². The molecule has 2 rings (SSSR count). The van der Waals surface area contributed by atoms with Crippen LogP contribution >= 0.6 is 0 Å². The number of rotatable bonds is 3. The number of carbonyl (C=O) groups is 1. The summed E-state index contributed by atoms with van der Waals surface area (Å²) in [5, 5.41) is 8.84. The Morgan fingerprint density at radius 3 is 2.75 bits per heavy atom. The van der Waals surface area contributed by atoms with Crippen molar-refractivity contribution in [3.8, 4) is 0 Å². The van der Waals surface area contributed by atoms with Gasteiger partial charge >= 0.3 is 6.09 Å². The van der Waals surface area contributed by atoms with Crippen molar-refractivity contribution in [1.82, 2.24) is 4.90 Å². The lowest BCUT2D eigenvalue weighted by atomic mass is 10.1. The highest BCUT2D eigenvalue weighted by atomic mass is 19.1. The normalized spacial score (nSPS) is 20.0. The average Bonchev–Trinajstić information content (AvgIpc) is 2.63. The molecule has 86 valence electrons. The maximum atomic E-state index is 12.7. The number of aliphatic hydroxyl groups is 1. The molecule has 1 heterocycles. The number of carbonyl (C=O) groups excluding carboxylic acids is 1. The van der Waals surface area contributed by atoms with Gasteiger partial charge in [0, 0.05) is 6.54 Å². The smallest absolute Gasteiger partial charge is 0.410 e. The molecular formula is C11H12FNO3. The minimum atomic E-state index is -0.441. The number of ether oxygens (including phenoxy) is 1. The number of β-amino-alcohol motifs (C(OH)–C–C–N with tert-alkyl or cyclic N) is 1. The van der Waals surface area contributed by atoms with Gasteiger partial charge in [0.05, 0.1) is 12.6 Å². The van der Waals surface area contributed by atoms with E-state index in [9.17, 15) is 9.18 Å². The zero-order valence-corrected chi connectivity index (χ0v) is 8.60. The molecule has 1 atom stereocenters. The molecule has 1 amide bonds. The van der Waals surface area contributed by atoms with E-state index in [-0.39, 0.29) is 31.6 Å². The molecule has 0 bridgehead atoms. The second kappa shape index (κ2) is 4.49. The summed E-state index contributed by atoms with van der Waals surface area (Å²) in [5.74, 6) is -0.317. The van der Waals surface area contributed by atoms with Crippen molar-refractivity contribution in [3.63, 3.8) is 0 Å². The summed E-state index contributed by atoms with van der Waals surface area (Å²) in [4.78, 5) is 12.8. The first kappa shape index (κ1) is 10.9. The van der Waals surface area contributed by atoms with E-state index < -0.39 is 6.09 Å². The molecule has 16 heavy (non-hydrogen) atoms. The van der Waals surface area contributed by atoms with Crippen molar-refractivity contribution in [1.29, 1.82) is 0 Å². The van der Waals surface area contributed by atoms with Crippen LogP contribution in [0.3, 0.4) is 0 Å². The van der Waals surface area contributed by atoms with Crippen LogP contribution in [-0.4, -0.2) is 35.9 Å². The number of aliphatic hydroxyl groups excluding tert-OH is 1. The molecule has 5 heteroatoms. The SMILES string of the molecule is O=C1OCC(c2ccc(F)cc2)N1CCO. The van der Waals surface area contributed by atoms with E-state index in [2.05, 4.69) is 0 Å². The molecule has 0 spiro atoms. The van der Waals surface area contributed by atoms with Gasteiger partial charge in [0.2, 0.25) is 0 Å². The van der Waals surface area contributed by atoms with Crippen LogP contribution < -0.4 is 0 Å². The zero-order valence-electron chi connectivity index (χ0n) is 8.60. The quantitative estimate of drug-likeness (QED) is 0.843. The summed E-state index contributed by atoms with van der Waals surface area (Å²) < 4.78 is 17.6. The van der Waals surface area contributed by atoms with E-state index in [1.165, 1.54) is 17.0 Å². The Bertz CT molecular complexity index is 379. The summed E-state index contributed by atoms with van der Waals surface area (Å²) >= 11 is 0. The first-order chi connectivity index (χ1) is 7.72. The molecular weight excluding hydrogens is 213 g/mol. The van der Waals surface area contributed by atoms with Gasteiger partial charge < -0.3 is 9.84 Å². The average molecular weight is 225 g/mol. The van der Waals surface area contributed by atoms with Crippen LogP contribution in [0.5, 0.6) is 0 Å². The second-order valence-electron chi connectivity index (χ2n) is 3.56. The van der Waals surface area contributed by atoms with Crippen molar-refractivity contribution in [2.45, 2.75) is 6.04 Å². The van der Waals surface area contributed by atoms with Gasteiger partial charge in [0.25, 0.3) is 0 Å². The summed E-state index contributed by atoms with van der Waals surface area (Å²) in [6.45, 7) is 0.345. The third-order valence-electron chi connectivity index (χ3n) is 2.57. The van der Waals surface area contributed by atoms with Crippen molar-refractivity contribution in [2.75, 3.05) is 19.8 Å². The number of amides is 1. The van der Waals surface area contributed by atoms with Gasteiger partial charge in [-0.15, -0.1) is 0 Å². The lowest BCUT2D eigenvalue weighted by molar-refractivity contribution is 0.148. The Balaban J connectivity index is 2.19.